The van der Waals surface area contributed by atoms with Crippen LogP contribution in [0, 0.1) is 14.9 Å². The third kappa shape index (κ3) is 3.04. The van der Waals surface area contributed by atoms with Gasteiger partial charge >= 0.3 is 0 Å². The molecule has 72 valence electrons. The van der Waals surface area contributed by atoms with Crippen molar-refractivity contribution >= 4 is 28.2 Å². The van der Waals surface area contributed by atoms with E-state index in [2.05, 4.69) is 28.7 Å². The van der Waals surface area contributed by atoms with E-state index in [1.165, 1.54) is 3.57 Å². The van der Waals surface area contributed by atoms with Gasteiger partial charge in [0.1, 0.15) is 6.07 Å². The van der Waals surface area contributed by atoms with Crippen molar-refractivity contribution in [1.29, 1.82) is 5.26 Å². The molecule has 0 aliphatic heterocycles. The highest BCUT2D eigenvalue weighted by Gasteiger charge is 1.99. The summed E-state index contributed by atoms with van der Waals surface area (Å²) in [7, 11) is 3.81. The number of allylic oxidation sites excluding steroid dienone is 1. The number of hydrogen-bond acceptors (Lipinski definition) is 2. The molecule has 1 rings (SSSR count). The van der Waals surface area contributed by atoms with Crippen molar-refractivity contribution in [2.24, 2.45) is 0 Å². The molecule has 0 radical (unpaired) electrons. The monoisotopic (exact) mass is 298 g/mol. The van der Waals surface area contributed by atoms with E-state index in [4.69, 9.17) is 5.26 Å². The maximum Gasteiger partial charge on any atom is 0.101 e. The molecule has 0 saturated carbocycles. The summed E-state index contributed by atoms with van der Waals surface area (Å²) in [4.78, 5) is 1.87. The number of halogens is 1. The van der Waals surface area contributed by atoms with Gasteiger partial charge < -0.3 is 4.90 Å². The predicted octanol–water partition coefficient (Wildman–Crippen LogP) is 2.72. The predicted molar refractivity (Wildman–Crippen MR) is 66.4 cm³/mol. The van der Waals surface area contributed by atoms with Gasteiger partial charge in [-0.05, 0) is 40.3 Å². The topological polar surface area (TPSA) is 27.0 Å². The van der Waals surface area contributed by atoms with E-state index in [-0.39, 0.29) is 0 Å². The zero-order chi connectivity index (χ0) is 10.6. The van der Waals surface area contributed by atoms with Gasteiger partial charge in [0.05, 0.1) is 5.57 Å². The molecule has 3 heteroatoms. The minimum Gasteiger partial charge on any atom is -0.382 e. The Hall–Kier alpha value is -1.02. The zero-order valence-electron chi connectivity index (χ0n) is 8.16. The second-order valence-corrected chi connectivity index (χ2v) is 4.37. The average Bonchev–Trinajstić information content (AvgIpc) is 2.15. The highest BCUT2D eigenvalue weighted by atomic mass is 127. The van der Waals surface area contributed by atoms with Gasteiger partial charge in [-0.15, -0.1) is 0 Å². The Labute approximate surface area is 98.0 Å². The van der Waals surface area contributed by atoms with Crippen LogP contribution in [0.4, 0.5) is 0 Å². The van der Waals surface area contributed by atoms with Crippen LogP contribution in [0.25, 0.3) is 5.57 Å². The Bertz CT molecular complexity index is 371. The van der Waals surface area contributed by atoms with Crippen molar-refractivity contribution in [2.45, 2.75) is 0 Å². The third-order valence-electron chi connectivity index (χ3n) is 1.66. The summed E-state index contributed by atoms with van der Waals surface area (Å²) in [6.07, 6.45) is 1.82. The second kappa shape index (κ2) is 5.01. The number of benzene rings is 1. The molecule has 0 N–H and O–H groups in total. The van der Waals surface area contributed by atoms with E-state index >= 15 is 0 Å². The van der Waals surface area contributed by atoms with Crippen LogP contribution in [0.5, 0.6) is 0 Å². The molecule has 0 amide bonds. The summed E-state index contributed by atoms with van der Waals surface area (Å²) >= 11 is 2.24. The molecule has 2 nitrogen and oxygen atoms in total. The summed E-state index contributed by atoms with van der Waals surface area (Å²) in [5, 5.41) is 8.95. The van der Waals surface area contributed by atoms with Crippen LogP contribution in [-0.2, 0) is 0 Å². The number of nitriles is 1. The Morgan fingerprint density at radius 3 is 2.36 bits per heavy atom. The zero-order valence-corrected chi connectivity index (χ0v) is 10.3. The standard InChI is InChI=1S/C11H11IN2/c1-14(2)8-10(7-13)9-3-5-11(12)6-4-9/h3-6,8H,1-2H3/b10-8-. The second-order valence-electron chi connectivity index (χ2n) is 3.13. The molecule has 1 aromatic carbocycles. The Morgan fingerprint density at radius 1 is 1.36 bits per heavy atom. The van der Waals surface area contributed by atoms with Crippen molar-refractivity contribution < 1.29 is 0 Å². The van der Waals surface area contributed by atoms with Crippen LogP contribution >= 0.6 is 22.6 Å². The van der Waals surface area contributed by atoms with Gasteiger partial charge in [0.15, 0.2) is 0 Å². The van der Waals surface area contributed by atoms with Gasteiger partial charge in [-0.2, -0.15) is 5.26 Å². The molecule has 14 heavy (non-hydrogen) atoms. The average molecular weight is 298 g/mol. The molecule has 0 aliphatic rings. The molecule has 0 aliphatic carbocycles. The van der Waals surface area contributed by atoms with Crippen molar-refractivity contribution in [2.75, 3.05) is 14.1 Å². The van der Waals surface area contributed by atoms with Gasteiger partial charge in [0.2, 0.25) is 0 Å². The molecular formula is C11H11IN2. The number of rotatable bonds is 2. The Balaban J connectivity index is 3.03. The first-order chi connectivity index (χ1) is 6.63. The summed E-state index contributed by atoms with van der Waals surface area (Å²) in [5.41, 5.74) is 1.65. The lowest BCUT2D eigenvalue weighted by atomic mass is 10.1. The molecule has 0 unspecified atom stereocenters. The molecule has 0 spiro atoms. The summed E-state index contributed by atoms with van der Waals surface area (Å²) in [5.74, 6) is 0. The molecule has 0 heterocycles. The van der Waals surface area contributed by atoms with E-state index < -0.39 is 0 Å². The van der Waals surface area contributed by atoms with Crippen LogP contribution in [0.2, 0.25) is 0 Å². The van der Waals surface area contributed by atoms with Gasteiger partial charge in [0.25, 0.3) is 0 Å². The van der Waals surface area contributed by atoms with E-state index in [0.717, 1.165) is 5.56 Å². The summed E-state index contributed by atoms with van der Waals surface area (Å²) in [6.45, 7) is 0. The lowest BCUT2D eigenvalue weighted by Crippen LogP contribution is -2.02. The molecular weight excluding hydrogens is 287 g/mol. The van der Waals surface area contributed by atoms with Gasteiger partial charge in [-0.1, -0.05) is 12.1 Å². The Morgan fingerprint density at radius 2 is 1.93 bits per heavy atom. The molecule has 0 atom stereocenters. The van der Waals surface area contributed by atoms with E-state index in [1.807, 2.05) is 49.5 Å². The summed E-state index contributed by atoms with van der Waals surface area (Å²) < 4.78 is 1.17. The highest BCUT2D eigenvalue weighted by Crippen LogP contribution is 2.15. The third-order valence-corrected chi connectivity index (χ3v) is 2.38. The van der Waals surface area contributed by atoms with Crippen LogP contribution < -0.4 is 0 Å². The van der Waals surface area contributed by atoms with Crippen molar-refractivity contribution in [1.82, 2.24) is 4.90 Å². The van der Waals surface area contributed by atoms with Gasteiger partial charge in [-0.3, -0.25) is 0 Å². The molecule has 0 bridgehead atoms. The maximum absolute atomic E-state index is 8.95. The minimum atomic E-state index is 0.686. The summed E-state index contributed by atoms with van der Waals surface area (Å²) in [6, 6.07) is 10.1. The van der Waals surface area contributed by atoms with Crippen molar-refractivity contribution in [3.8, 4) is 6.07 Å². The lowest BCUT2D eigenvalue weighted by molar-refractivity contribution is 0.566. The lowest BCUT2D eigenvalue weighted by Gasteiger charge is -2.06. The highest BCUT2D eigenvalue weighted by molar-refractivity contribution is 14.1. The number of nitrogens with zero attached hydrogens (tertiary/aromatic N) is 2. The van der Waals surface area contributed by atoms with E-state index in [9.17, 15) is 0 Å². The van der Waals surface area contributed by atoms with E-state index in [1.54, 1.807) is 0 Å². The quantitative estimate of drug-likeness (QED) is 0.620. The van der Waals surface area contributed by atoms with Crippen molar-refractivity contribution in [3.05, 3.63) is 39.6 Å². The normalized spacial score (nSPS) is 10.9. The minimum absolute atomic E-state index is 0.686. The van der Waals surface area contributed by atoms with Crippen LogP contribution in [-0.4, -0.2) is 19.0 Å². The first kappa shape index (κ1) is 11.1. The SMILES string of the molecule is CN(C)/C=C(/C#N)c1ccc(I)cc1. The fourth-order valence-electron chi connectivity index (χ4n) is 1.06. The molecule has 0 saturated heterocycles. The van der Waals surface area contributed by atoms with Crippen LogP contribution in [0.3, 0.4) is 0 Å². The molecule has 0 fully saturated rings. The van der Waals surface area contributed by atoms with Crippen LogP contribution in [0.1, 0.15) is 5.56 Å². The number of hydrogen-bond donors (Lipinski definition) is 0. The molecule has 0 aromatic heterocycles. The first-order valence-corrected chi connectivity index (χ1v) is 5.25. The fraction of sp³-hybridized carbons (Fsp3) is 0.182. The maximum atomic E-state index is 8.95. The largest absolute Gasteiger partial charge is 0.382 e. The smallest absolute Gasteiger partial charge is 0.101 e. The van der Waals surface area contributed by atoms with Crippen molar-refractivity contribution in [3.63, 3.8) is 0 Å². The van der Waals surface area contributed by atoms with Gasteiger partial charge in [0, 0.05) is 23.9 Å². The molecule has 1 aromatic rings. The fourth-order valence-corrected chi connectivity index (χ4v) is 1.42. The van der Waals surface area contributed by atoms with Gasteiger partial charge in [-0.25, -0.2) is 0 Å². The van der Waals surface area contributed by atoms with E-state index in [0.29, 0.717) is 5.57 Å². The van der Waals surface area contributed by atoms with Crippen LogP contribution in [0.15, 0.2) is 30.5 Å². The first-order valence-electron chi connectivity index (χ1n) is 4.18. The Kier molecular flexibility index (Phi) is 3.96.